The van der Waals surface area contributed by atoms with Gasteiger partial charge in [0.25, 0.3) is 0 Å². The number of carbonyl (C=O) groups excluding carboxylic acids is 1. The van der Waals surface area contributed by atoms with Gasteiger partial charge in [0.05, 0.1) is 0 Å². The highest BCUT2D eigenvalue weighted by atomic mass is 32.1. The molecule has 3 aromatic carbocycles. The minimum Gasteiger partial charge on any atom is -0.303 e. The van der Waals surface area contributed by atoms with Crippen molar-refractivity contribution in [2.24, 2.45) is 40.4 Å². The van der Waals surface area contributed by atoms with Crippen molar-refractivity contribution < 1.29 is 4.79 Å². The molecule has 0 bridgehead atoms. The first-order valence-corrected chi connectivity index (χ1v) is 16.5. The Hall–Kier alpha value is -2.71. The van der Waals surface area contributed by atoms with Crippen molar-refractivity contribution in [1.29, 1.82) is 0 Å². The first-order valence-electron chi connectivity index (χ1n) is 15.6. The average molecular weight is 545 g/mol. The van der Waals surface area contributed by atoms with Gasteiger partial charge >= 0.3 is 0 Å². The van der Waals surface area contributed by atoms with E-state index >= 15 is 0 Å². The van der Waals surface area contributed by atoms with E-state index in [2.05, 4.69) is 86.7 Å². The lowest BCUT2D eigenvalue weighted by Crippen LogP contribution is -2.52. The summed E-state index contributed by atoms with van der Waals surface area (Å²) < 4.78 is 0. The summed E-state index contributed by atoms with van der Waals surface area (Å²) in [6.07, 6.45) is 14.1. The lowest BCUT2D eigenvalue weighted by molar-refractivity contribution is -0.121. The molecule has 0 radical (unpaired) electrons. The van der Waals surface area contributed by atoms with Crippen LogP contribution in [0, 0.1) is 40.4 Å². The number of hydrogen-bond acceptors (Lipinski definition) is 2. The van der Waals surface area contributed by atoms with Gasteiger partial charge in [0.15, 0.2) is 0 Å². The number of fused-ring (bicyclic) bond motifs is 7. The normalized spacial score (nSPS) is 35.1. The average Bonchev–Trinajstić information content (AvgIpc) is 3.60. The summed E-state index contributed by atoms with van der Waals surface area (Å²) in [4.78, 5) is 14.8. The topological polar surface area (TPSA) is 17.1 Å². The molecule has 1 nitrogen and oxygen atoms in total. The van der Waals surface area contributed by atoms with Crippen molar-refractivity contribution in [3.05, 3.63) is 77.7 Å². The summed E-state index contributed by atoms with van der Waals surface area (Å²) in [6.45, 7) is 5.10. The predicted molar refractivity (Wildman–Crippen MR) is 169 cm³/mol. The second-order valence-electron chi connectivity index (χ2n) is 14.0. The van der Waals surface area contributed by atoms with Gasteiger partial charge in [-0.15, -0.1) is 11.3 Å². The molecule has 4 aliphatic rings. The lowest BCUT2D eigenvalue weighted by Gasteiger charge is -2.60. The SMILES string of the molecule is C[C@]12CC=C(c3ccc(-c4c5ccccc5cc5ccccc45)s3)C[C@@H]1CC[C@@H]1[C@@H]2CC[C@]2(C)C(C=O)CC[C@@H]12. The Kier molecular flexibility index (Phi) is 5.73. The molecule has 4 aliphatic carbocycles. The van der Waals surface area contributed by atoms with Gasteiger partial charge in [-0.05, 0) is 131 Å². The summed E-state index contributed by atoms with van der Waals surface area (Å²) in [6, 6.07) is 24.8. The van der Waals surface area contributed by atoms with Crippen molar-refractivity contribution in [2.75, 3.05) is 0 Å². The second kappa shape index (κ2) is 9.15. The summed E-state index contributed by atoms with van der Waals surface area (Å²) in [5.74, 6) is 3.50. The van der Waals surface area contributed by atoms with Gasteiger partial charge in [-0.25, -0.2) is 0 Å². The zero-order valence-electron chi connectivity index (χ0n) is 23.9. The van der Waals surface area contributed by atoms with Crippen LogP contribution in [0.15, 0.2) is 72.8 Å². The number of carbonyl (C=O) groups is 1. The monoisotopic (exact) mass is 544 g/mol. The molecule has 0 saturated heterocycles. The Morgan fingerprint density at radius 1 is 0.775 bits per heavy atom. The van der Waals surface area contributed by atoms with Crippen molar-refractivity contribution in [3.8, 4) is 10.4 Å². The number of thiophene rings is 1. The second-order valence-corrected chi connectivity index (χ2v) is 15.1. The van der Waals surface area contributed by atoms with E-state index in [0.29, 0.717) is 11.3 Å². The molecule has 0 spiro atoms. The van der Waals surface area contributed by atoms with Crippen LogP contribution in [0.2, 0.25) is 0 Å². The Morgan fingerprint density at radius 2 is 1.48 bits per heavy atom. The van der Waals surface area contributed by atoms with E-state index < -0.39 is 0 Å². The third kappa shape index (κ3) is 3.54. The fourth-order valence-electron chi connectivity index (χ4n) is 10.3. The highest BCUT2D eigenvalue weighted by Crippen LogP contribution is 2.67. The van der Waals surface area contributed by atoms with E-state index in [9.17, 15) is 4.79 Å². The molecule has 8 rings (SSSR count). The maximum Gasteiger partial charge on any atom is 0.123 e. The molecule has 4 aromatic rings. The largest absolute Gasteiger partial charge is 0.303 e. The van der Waals surface area contributed by atoms with Gasteiger partial charge in [-0.3, -0.25) is 0 Å². The molecule has 7 atom stereocenters. The Bertz CT molecular complexity index is 1600. The summed E-state index contributed by atoms with van der Waals surface area (Å²) in [7, 11) is 0. The third-order valence-corrected chi connectivity index (χ3v) is 13.7. The maximum atomic E-state index is 11.9. The molecule has 1 heterocycles. The fraction of sp³-hybridized carbons (Fsp3) is 0.447. The van der Waals surface area contributed by atoms with E-state index in [-0.39, 0.29) is 5.41 Å². The molecule has 3 fully saturated rings. The molecule has 40 heavy (non-hydrogen) atoms. The van der Waals surface area contributed by atoms with Crippen molar-refractivity contribution in [1.82, 2.24) is 0 Å². The first kappa shape index (κ1) is 25.0. The standard InChI is InChI=1S/C38H40OS/c1-37-19-17-26(22-27(37)11-13-31-32-14-12-28(23-39)38(32,2)20-18-33(31)37)34-15-16-35(40-34)36-29-9-5-3-7-24(29)21-25-8-4-6-10-30(25)36/h3-10,15-17,21,23,27-28,31-33H,11-14,18-20,22H2,1-2H3/t27-,28?,31-,32-,33-,37-,38+/m0/s1. The van der Waals surface area contributed by atoms with Crippen LogP contribution >= 0.6 is 11.3 Å². The van der Waals surface area contributed by atoms with Crippen LogP contribution in [0.3, 0.4) is 0 Å². The minimum atomic E-state index is 0.265. The maximum absolute atomic E-state index is 11.9. The molecule has 0 amide bonds. The van der Waals surface area contributed by atoms with Crippen LogP contribution in [0.4, 0.5) is 0 Å². The van der Waals surface area contributed by atoms with Crippen LogP contribution in [-0.4, -0.2) is 6.29 Å². The molecular formula is C38H40OS. The van der Waals surface area contributed by atoms with E-state index in [1.54, 1.807) is 5.57 Å². The Balaban J connectivity index is 1.11. The quantitative estimate of drug-likeness (QED) is 0.185. The zero-order chi connectivity index (χ0) is 27.1. The Labute approximate surface area is 242 Å². The number of hydrogen-bond donors (Lipinski definition) is 0. The van der Waals surface area contributed by atoms with Gasteiger partial charge in [0.2, 0.25) is 0 Å². The molecule has 1 unspecified atom stereocenters. The van der Waals surface area contributed by atoms with E-state index in [1.165, 1.54) is 88.1 Å². The molecule has 0 N–H and O–H groups in total. The van der Waals surface area contributed by atoms with Crippen molar-refractivity contribution in [3.63, 3.8) is 0 Å². The number of aldehydes is 1. The van der Waals surface area contributed by atoms with E-state index in [1.807, 2.05) is 11.3 Å². The summed E-state index contributed by atoms with van der Waals surface area (Å²) in [5.41, 5.74) is 3.66. The van der Waals surface area contributed by atoms with Crippen LogP contribution in [0.1, 0.15) is 70.1 Å². The highest BCUT2D eigenvalue weighted by molar-refractivity contribution is 7.16. The zero-order valence-corrected chi connectivity index (χ0v) is 24.7. The molecular weight excluding hydrogens is 504 g/mol. The molecule has 204 valence electrons. The highest BCUT2D eigenvalue weighted by Gasteiger charge is 2.59. The predicted octanol–water partition coefficient (Wildman–Crippen LogP) is 10.6. The van der Waals surface area contributed by atoms with E-state index in [0.717, 1.165) is 30.1 Å². The minimum absolute atomic E-state index is 0.265. The molecule has 0 aliphatic heterocycles. The number of rotatable bonds is 3. The molecule has 2 heteroatoms. The number of allylic oxidation sites excluding steroid dienone is 2. The van der Waals surface area contributed by atoms with Gasteiger partial charge in [-0.1, -0.05) is 68.5 Å². The first-order chi connectivity index (χ1) is 19.5. The van der Waals surface area contributed by atoms with Crippen molar-refractivity contribution >= 4 is 44.7 Å². The van der Waals surface area contributed by atoms with Crippen molar-refractivity contribution in [2.45, 2.75) is 65.2 Å². The number of benzene rings is 3. The van der Waals surface area contributed by atoms with Gasteiger partial charge in [0, 0.05) is 21.2 Å². The van der Waals surface area contributed by atoms with Crippen LogP contribution in [0.5, 0.6) is 0 Å². The van der Waals surface area contributed by atoms with Gasteiger partial charge in [0.1, 0.15) is 6.29 Å². The van der Waals surface area contributed by atoms with Gasteiger partial charge in [-0.2, -0.15) is 0 Å². The summed E-state index contributed by atoms with van der Waals surface area (Å²) in [5, 5.41) is 5.35. The van der Waals surface area contributed by atoms with Crippen LogP contribution < -0.4 is 0 Å². The van der Waals surface area contributed by atoms with Crippen LogP contribution in [-0.2, 0) is 4.79 Å². The van der Waals surface area contributed by atoms with Gasteiger partial charge < -0.3 is 4.79 Å². The smallest absolute Gasteiger partial charge is 0.123 e. The fourth-order valence-corrected chi connectivity index (χ4v) is 11.4. The third-order valence-electron chi connectivity index (χ3n) is 12.5. The summed E-state index contributed by atoms with van der Waals surface area (Å²) >= 11 is 2.00. The Morgan fingerprint density at radius 3 is 2.23 bits per heavy atom. The lowest BCUT2D eigenvalue weighted by atomic mass is 9.45. The molecule has 3 saturated carbocycles. The van der Waals surface area contributed by atoms with Crippen LogP contribution in [0.25, 0.3) is 37.6 Å². The molecule has 1 aromatic heterocycles. The van der Waals surface area contributed by atoms with E-state index in [4.69, 9.17) is 0 Å².